The van der Waals surface area contributed by atoms with Crippen molar-refractivity contribution in [2.75, 3.05) is 18.4 Å². The molecule has 1 saturated heterocycles. The topological polar surface area (TPSA) is 100 Å². The highest BCUT2D eigenvalue weighted by Gasteiger charge is 2.44. The highest BCUT2D eigenvalue weighted by molar-refractivity contribution is 7.89. The van der Waals surface area contributed by atoms with Crippen molar-refractivity contribution >= 4 is 32.4 Å². The molecule has 0 radical (unpaired) electrons. The van der Waals surface area contributed by atoms with E-state index in [9.17, 15) is 13.2 Å². The van der Waals surface area contributed by atoms with Gasteiger partial charge in [-0.05, 0) is 73.0 Å². The standard InChI is InChI=1S/C24H26N4O3S/c29-24(27-19-6-3-18-14-26-11-9-17(18)12-19)23-13-22(23)16-4-7-21(8-5-16)32(30,31)28-20-2-1-10-25-15-20/h3-9,11-12,14,20,22-23,25,28H,1-2,10,13,15H2,(H,27,29)/t20?,22-,23+/m0/s1. The molecule has 3 atom stereocenters. The largest absolute Gasteiger partial charge is 0.326 e. The van der Waals surface area contributed by atoms with E-state index >= 15 is 0 Å². The molecule has 2 heterocycles. The van der Waals surface area contributed by atoms with E-state index in [1.807, 2.05) is 36.4 Å². The summed E-state index contributed by atoms with van der Waals surface area (Å²) in [6.45, 7) is 1.59. The lowest BCUT2D eigenvalue weighted by molar-refractivity contribution is -0.117. The number of nitrogens with one attached hydrogen (secondary N) is 3. The van der Waals surface area contributed by atoms with Gasteiger partial charge in [0.15, 0.2) is 0 Å². The predicted octanol–water partition coefficient (Wildman–Crippen LogP) is 3.01. The van der Waals surface area contributed by atoms with Crippen LogP contribution in [0.2, 0.25) is 0 Å². The summed E-state index contributed by atoms with van der Waals surface area (Å²) in [5, 5.41) is 8.27. The number of anilines is 1. The van der Waals surface area contributed by atoms with Crippen molar-refractivity contribution in [1.82, 2.24) is 15.0 Å². The first-order valence-corrected chi connectivity index (χ1v) is 12.5. The lowest BCUT2D eigenvalue weighted by Crippen LogP contribution is -2.45. The van der Waals surface area contributed by atoms with Crippen molar-refractivity contribution < 1.29 is 13.2 Å². The van der Waals surface area contributed by atoms with Gasteiger partial charge in [-0.1, -0.05) is 18.2 Å². The van der Waals surface area contributed by atoms with Gasteiger partial charge in [0.2, 0.25) is 15.9 Å². The molecule has 1 unspecified atom stereocenters. The minimum atomic E-state index is -3.54. The van der Waals surface area contributed by atoms with Gasteiger partial charge in [-0.15, -0.1) is 0 Å². The number of fused-ring (bicyclic) bond motifs is 1. The van der Waals surface area contributed by atoms with Crippen LogP contribution < -0.4 is 15.4 Å². The number of benzene rings is 2. The van der Waals surface area contributed by atoms with Crippen molar-refractivity contribution in [3.63, 3.8) is 0 Å². The molecule has 0 spiro atoms. The van der Waals surface area contributed by atoms with Crippen LogP contribution in [0.5, 0.6) is 0 Å². The monoisotopic (exact) mass is 450 g/mol. The number of nitrogens with zero attached hydrogens (tertiary/aromatic N) is 1. The summed E-state index contributed by atoms with van der Waals surface area (Å²) in [6.07, 6.45) is 6.10. The number of rotatable bonds is 6. The molecule has 2 fully saturated rings. The number of aromatic nitrogens is 1. The second kappa shape index (κ2) is 8.61. The lowest BCUT2D eigenvalue weighted by Gasteiger charge is -2.23. The molecular formula is C24H26N4O3S. The van der Waals surface area contributed by atoms with E-state index in [0.29, 0.717) is 6.54 Å². The Labute approximate surface area is 187 Å². The number of piperidine rings is 1. The predicted molar refractivity (Wildman–Crippen MR) is 124 cm³/mol. The number of hydrogen-bond acceptors (Lipinski definition) is 5. The van der Waals surface area contributed by atoms with E-state index < -0.39 is 10.0 Å². The number of pyridine rings is 1. The molecule has 166 valence electrons. The Morgan fingerprint density at radius 2 is 1.91 bits per heavy atom. The maximum Gasteiger partial charge on any atom is 0.240 e. The van der Waals surface area contributed by atoms with E-state index in [1.54, 1.807) is 24.5 Å². The Bertz CT molecular complexity index is 1240. The number of sulfonamides is 1. The molecule has 3 N–H and O–H groups in total. The third-order valence-electron chi connectivity index (χ3n) is 6.27. The number of amides is 1. The molecule has 1 aromatic heterocycles. The van der Waals surface area contributed by atoms with Crippen molar-refractivity contribution in [3.8, 4) is 0 Å². The first-order chi connectivity index (χ1) is 15.5. The van der Waals surface area contributed by atoms with Crippen LogP contribution in [-0.2, 0) is 14.8 Å². The zero-order valence-corrected chi connectivity index (χ0v) is 18.4. The van der Waals surface area contributed by atoms with Gasteiger partial charge in [-0.3, -0.25) is 9.78 Å². The first-order valence-electron chi connectivity index (χ1n) is 11.0. The summed E-state index contributed by atoms with van der Waals surface area (Å²) in [4.78, 5) is 17.1. The average Bonchev–Trinajstić information content (AvgIpc) is 3.61. The first kappa shape index (κ1) is 21.1. The van der Waals surface area contributed by atoms with Crippen molar-refractivity contribution in [3.05, 3.63) is 66.5 Å². The van der Waals surface area contributed by atoms with Crippen molar-refractivity contribution in [2.24, 2.45) is 5.92 Å². The van der Waals surface area contributed by atoms with E-state index in [2.05, 4.69) is 20.3 Å². The normalized spacial score (nSPS) is 23.1. The third kappa shape index (κ3) is 4.53. The maximum atomic E-state index is 12.7. The number of carbonyl (C=O) groups is 1. The smallest absolute Gasteiger partial charge is 0.240 e. The molecule has 1 saturated carbocycles. The summed E-state index contributed by atoms with van der Waals surface area (Å²) in [6, 6.07) is 14.5. The van der Waals surface area contributed by atoms with Gasteiger partial charge in [-0.2, -0.15) is 0 Å². The van der Waals surface area contributed by atoms with Crippen LogP contribution >= 0.6 is 0 Å². The van der Waals surface area contributed by atoms with Gasteiger partial charge >= 0.3 is 0 Å². The molecule has 8 heteroatoms. The Kier molecular flexibility index (Phi) is 5.67. The average molecular weight is 451 g/mol. The summed E-state index contributed by atoms with van der Waals surface area (Å²) in [5.41, 5.74) is 1.76. The van der Waals surface area contributed by atoms with Gasteiger partial charge in [0, 0.05) is 42.0 Å². The molecule has 1 amide bonds. The highest BCUT2D eigenvalue weighted by atomic mass is 32.2. The highest BCUT2D eigenvalue weighted by Crippen LogP contribution is 2.48. The Hall–Kier alpha value is -2.81. The molecule has 3 aromatic rings. The maximum absolute atomic E-state index is 12.7. The number of hydrogen-bond donors (Lipinski definition) is 3. The second-order valence-electron chi connectivity index (χ2n) is 8.61. The zero-order valence-electron chi connectivity index (χ0n) is 17.6. The van der Waals surface area contributed by atoms with Crippen LogP contribution in [0.4, 0.5) is 5.69 Å². The van der Waals surface area contributed by atoms with E-state index in [-0.39, 0.29) is 28.7 Å². The van der Waals surface area contributed by atoms with Crippen LogP contribution in [-0.4, -0.2) is 38.4 Å². The summed E-state index contributed by atoms with van der Waals surface area (Å²) >= 11 is 0. The molecule has 5 rings (SSSR count). The van der Waals surface area contributed by atoms with Crippen LogP contribution in [0, 0.1) is 5.92 Å². The molecule has 1 aliphatic carbocycles. The quantitative estimate of drug-likeness (QED) is 0.536. The number of carbonyl (C=O) groups excluding carboxylic acids is 1. The Morgan fingerprint density at radius 1 is 1.06 bits per heavy atom. The third-order valence-corrected chi connectivity index (χ3v) is 7.81. The Balaban J connectivity index is 1.21. The summed E-state index contributed by atoms with van der Waals surface area (Å²) in [7, 11) is -3.54. The van der Waals surface area contributed by atoms with Crippen molar-refractivity contribution in [2.45, 2.75) is 36.1 Å². The van der Waals surface area contributed by atoms with E-state index in [0.717, 1.165) is 47.8 Å². The van der Waals surface area contributed by atoms with Crippen LogP contribution in [0.1, 0.15) is 30.7 Å². The van der Waals surface area contributed by atoms with E-state index in [1.165, 1.54) is 0 Å². The fourth-order valence-corrected chi connectivity index (χ4v) is 5.65. The minimum Gasteiger partial charge on any atom is -0.326 e. The van der Waals surface area contributed by atoms with Gasteiger partial charge in [0.1, 0.15) is 0 Å². The Morgan fingerprint density at radius 3 is 2.69 bits per heavy atom. The van der Waals surface area contributed by atoms with Gasteiger partial charge in [0.25, 0.3) is 0 Å². The molecular weight excluding hydrogens is 424 g/mol. The summed E-state index contributed by atoms with van der Waals surface area (Å²) in [5.74, 6) is 0.00974. The van der Waals surface area contributed by atoms with Crippen LogP contribution in [0.25, 0.3) is 10.8 Å². The second-order valence-corrected chi connectivity index (χ2v) is 10.3. The van der Waals surface area contributed by atoms with E-state index in [4.69, 9.17) is 0 Å². The molecule has 32 heavy (non-hydrogen) atoms. The minimum absolute atomic E-state index is 0.00781. The van der Waals surface area contributed by atoms with Crippen LogP contribution in [0.3, 0.4) is 0 Å². The van der Waals surface area contributed by atoms with Gasteiger partial charge < -0.3 is 10.6 Å². The SMILES string of the molecule is O=C(Nc1ccc2cnccc2c1)[C@@H]1C[C@H]1c1ccc(S(=O)(=O)NC2CCCNC2)cc1. The van der Waals surface area contributed by atoms with Crippen LogP contribution in [0.15, 0.2) is 65.8 Å². The lowest BCUT2D eigenvalue weighted by atomic mass is 10.1. The van der Waals surface area contributed by atoms with Gasteiger partial charge in [0.05, 0.1) is 4.90 Å². The van der Waals surface area contributed by atoms with Crippen molar-refractivity contribution in [1.29, 1.82) is 0 Å². The fraction of sp³-hybridized carbons (Fsp3) is 0.333. The summed E-state index contributed by atoms with van der Waals surface area (Å²) < 4.78 is 28.1. The van der Waals surface area contributed by atoms with Gasteiger partial charge in [-0.25, -0.2) is 13.1 Å². The molecule has 2 aromatic carbocycles. The fourth-order valence-electron chi connectivity index (χ4n) is 4.38. The zero-order chi connectivity index (χ0) is 22.1. The molecule has 0 bridgehead atoms. The molecule has 7 nitrogen and oxygen atoms in total. The molecule has 2 aliphatic rings. The molecule has 1 aliphatic heterocycles.